The lowest BCUT2D eigenvalue weighted by molar-refractivity contribution is 0.154. The zero-order chi connectivity index (χ0) is 12.7. The molecule has 0 spiro atoms. The van der Waals surface area contributed by atoms with Gasteiger partial charge in [-0.25, -0.2) is 0 Å². The number of nitrogens with zero attached hydrogens (tertiary/aromatic N) is 1. The van der Waals surface area contributed by atoms with Crippen molar-refractivity contribution < 1.29 is 9.47 Å². The van der Waals surface area contributed by atoms with E-state index in [2.05, 4.69) is 22.3 Å². The molecular formula is C15H20N2O2. The molecule has 1 saturated heterocycles. The van der Waals surface area contributed by atoms with Gasteiger partial charge < -0.3 is 14.8 Å². The molecule has 0 bridgehead atoms. The van der Waals surface area contributed by atoms with Gasteiger partial charge in [0.05, 0.1) is 0 Å². The summed E-state index contributed by atoms with van der Waals surface area (Å²) in [6.07, 6.45) is 4.04. The lowest BCUT2D eigenvalue weighted by atomic mass is 9.93. The molecule has 1 fully saturated rings. The number of nitrogens with one attached hydrogen (secondary N) is 1. The van der Waals surface area contributed by atoms with E-state index in [-0.39, 0.29) is 0 Å². The van der Waals surface area contributed by atoms with E-state index in [9.17, 15) is 0 Å². The van der Waals surface area contributed by atoms with Crippen LogP contribution in [0.2, 0.25) is 0 Å². The summed E-state index contributed by atoms with van der Waals surface area (Å²) < 4.78 is 11.0. The molecule has 0 aliphatic carbocycles. The van der Waals surface area contributed by atoms with E-state index in [1.54, 1.807) is 0 Å². The van der Waals surface area contributed by atoms with E-state index < -0.39 is 0 Å². The number of fused-ring (bicyclic) bond motifs is 2. The third-order valence-corrected chi connectivity index (χ3v) is 4.48. The minimum atomic E-state index is 0.361. The highest BCUT2D eigenvalue weighted by atomic mass is 16.7. The third kappa shape index (κ3) is 1.99. The number of hydrogen-bond donors (Lipinski definition) is 1. The van der Waals surface area contributed by atoms with Crippen molar-refractivity contribution in [1.29, 1.82) is 0 Å². The van der Waals surface area contributed by atoms with Crippen molar-refractivity contribution in [2.24, 2.45) is 0 Å². The minimum Gasteiger partial charge on any atom is -0.454 e. The van der Waals surface area contributed by atoms with Gasteiger partial charge in [-0.1, -0.05) is 6.42 Å². The Bertz CT molecular complexity index is 483. The Labute approximate surface area is 113 Å². The molecule has 3 heterocycles. The molecule has 0 radical (unpaired) electrons. The number of piperidine rings is 1. The highest BCUT2D eigenvalue weighted by Crippen LogP contribution is 2.39. The highest BCUT2D eigenvalue weighted by molar-refractivity contribution is 5.50. The first-order chi connectivity index (χ1) is 9.42. The van der Waals surface area contributed by atoms with Crippen LogP contribution in [-0.4, -0.2) is 31.3 Å². The average molecular weight is 260 g/mol. The molecule has 4 rings (SSSR count). The minimum absolute atomic E-state index is 0.361. The third-order valence-electron chi connectivity index (χ3n) is 4.48. The highest BCUT2D eigenvalue weighted by Gasteiger charge is 2.29. The van der Waals surface area contributed by atoms with E-state index >= 15 is 0 Å². The molecule has 3 aliphatic heterocycles. The first kappa shape index (κ1) is 11.6. The van der Waals surface area contributed by atoms with E-state index in [0.29, 0.717) is 12.8 Å². The van der Waals surface area contributed by atoms with Gasteiger partial charge in [0, 0.05) is 19.1 Å². The van der Waals surface area contributed by atoms with Crippen LogP contribution in [0.3, 0.4) is 0 Å². The molecule has 3 aliphatic rings. The molecule has 19 heavy (non-hydrogen) atoms. The normalized spacial score (nSPS) is 26.2. The van der Waals surface area contributed by atoms with Crippen LogP contribution in [0.1, 0.15) is 36.4 Å². The molecule has 4 heteroatoms. The van der Waals surface area contributed by atoms with Gasteiger partial charge in [0.2, 0.25) is 6.79 Å². The van der Waals surface area contributed by atoms with Gasteiger partial charge in [-0.05, 0) is 49.2 Å². The number of benzene rings is 1. The molecule has 0 saturated carbocycles. The van der Waals surface area contributed by atoms with E-state index in [0.717, 1.165) is 24.6 Å². The van der Waals surface area contributed by atoms with E-state index in [1.807, 2.05) is 0 Å². The summed E-state index contributed by atoms with van der Waals surface area (Å²) in [5.74, 6) is 1.82. The maximum absolute atomic E-state index is 5.54. The van der Waals surface area contributed by atoms with Gasteiger partial charge >= 0.3 is 0 Å². The Morgan fingerprint density at radius 1 is 1.05 bits per heavy atom. The van der Waals surface area contributed by atoms with E-state index in [1.165, 1.54) is 43.5 Å². The molecule has 4 nitrogen and oxygen atoms in total. The van der Waals surface area contributed by atoms with Crippen LogP contribution in [-0.2, 0) is 6.54 Å². The van der Waals surface area contributed by atoms with Gasteiger partial charge in [-0.3, -0.25) is 4.90 Å². The largest absolute Gasteiger partial charge is 0.454 e. The van der Waals surface area contributed by atoms with Crippen molar-refractivity contribution in [2.75, 3.05) is 26.4 Å². The molecule has 102 valence electrons. The Hall–Kier alpha value is -1.26. The van der Waals surface area contributed by atoms with Gasteiger partial charge in [0.1, 0.15) is 0 Å². The van der Waals surface area contributed by atoms with Crippen LogP contribution in [0.15, 0.2) is 12.1 Å². The van der Waals surface area contributed by atoms with Crippen LogP contribution in [0, 0.1) is 0 Å². The van der Waals surface area contributed by atoms with Crippen molar-refractivity contribution in [3.05, 3.63) is 23.3 Å². The van der Waals surface area contributed by atoms with Crippen LogP contribution in [0.5, 0.6) is 11.5 Å². The fourth-order valence-electron chi connectivity index (χ4n) is 3.47. The summed E-state index contributed by atoms with van der Waals surface area (Å²) in [4.78, 5) is 2.62. The average Bonchev–Trinajstić information content (AvgIpc) is 2.92. The van der Waals surface area contributed by atoms with Crippen molar-refractivity contribution in [2.45, 2.75) is 31.8 Å². The number of ether oxygens (including phenoxy) is 2. The van der Waals surface area contributed by atoms with Gasteiger partial charge in [0.15, 0.2) is 11.5 Å². The molecule has 1 aromatic carbocycles. The number of likely N-dealkylation sites (tertiary alicyclic amines) is 1. The zero-order valence-electron chi connectivity index (χ0n) is 11.2. The Morgan fingerprint density at radius 3 is 2.68 bits per heavy atom. The summed E-state index contributed by atoms with van der Waals surface area (Å²) in [7, 11) is 0. The van der Waals surface area contributed by atoms with Crippen molar-refractivity contribution in [3.63, 3.8) is 0 Å². The number of hydrogen-bond acceptors (Lipinski definition) is 4. The summed E-state index contributed by atoms with van der Waals surface area (Å²) in [5.41, 5.74) is 2.80. The summed E-state index contributed by atoms with van der Waals surface area (Å²) >= 11 is 0. The molecule has 0 amide bonds. The standard InChI is InChI=1S/C15H20N2O2/c1-2-4-17(5-3-1)13-9-16-8-11-6-14-15(7-12(11)13)19-10-18-14/h6-7,13,16H,1-5,8-10H2/t13-/m1/s1. The van der Waals surface area contributed by atoms with Crippen LogP contribution in [0.4, 0.5) is 0 Å². The second kappa shape index (κ2) is 4.69. The van der Waals surface area contributed by atoms with Crippen LogP contribution < -0.4 is 14.8 Å². The maximum Gasteiger partial charge on any atom is 0.231 e. The first-order valence-corrected chi connectivity index (χ1v) is 7.29. The smallest absolute Gasteiger partial charge is 0.231 e. The maximum atomic E-state index is 5.54. The monoisotopic (exact) mass is 260 g/mol. The van der Waals surface area contributed by atoms with Crippen molar-refractivity contribution >= 4 is 0 Å². The second-order valence-corrected chi connectivity index (χ2v) is 5.65. The molecule has 0 aromatic heterocycles. The predicted octanol–water partition coefficient (Wildman–Crippen LogP) is 2.05. The number of rotatable bonds is 1. The Morgan fingerprint density at radius 2 is 1.84 bits per heavy atom. The fraction of sp³-hybridized carbons (Fsp3) is 0.600. The lowest BCUT2D eigenvalue weighted by Gasteiger charge is -2.38. The summed E-state index contributed by atoms with van der Waals surface area (Å²) in [6, 6.07) is 4.86. The molecular weight excluding hydrogens is 240 g/mol. The van der Waals surface area contributed by atoms with Crippen molar-refractivity contribution in [3.8, 4) is 11.5 Å². The Balaban J connectivity index is 1.69. The lowest BCUT2D eigenvalue weighted by Crippen LogP contribution is -2.42. The van der Waals surface area contributed by atoms with Crippen LogP contribution in [0.25, 0.3) is 0 Å². The van der Waals surface area contributed by atoms with Crippen molar-refractivity contribution in [1.82, 2.24) is 10.2 Å². The second-order valence-electron chi connectivity index (χ2n) is 5.65. The van der Waals surface area contributed by atoms with E-state index in [4.69, 9.17) is 9.47 Å². The van der Waals surface area contributed by atoms with Gasteiger partial charge in [-0.2, -0.15) is 0 Å². The van der Waals surface area contributed by atoms with Gasteiger partial charge in [0.25, 0.3) is 0 Å². The predicted molar refractivity (Wildman–Crippen MR) is 72.4 cm³/mol. The molecule has 1 N–H and O–H groups in total. The zero-order valence-corrected chi connectivity index (χ0v) is 11.2. The first-order valence-electron chi connectivity index (χ1n) is 7.29. The molecule has 1 atom stereocenters. The summed E-state index contributed by atoms with van der Waals surface area (Å²) in [5, 5.41) is 3.54. The SMILES string of the molecule is c1c2c(cc3c1OCO3)[C@H](N1CCCCC1)CNC2. The quantitative estimate of drug-likeness (QED) is 0.838. The van der Waals surface area contributed by atoms with Gasteiger partial charge in [-0.15, -0.1) is 0 Å². The Kier molecular flexibility index (Phi) is 2.85. The summed E-state index contributed by atoms with van der Waals surface area (Å²) in [6.45, 7) is 4.80. The fourth-order valence-corrected chi connectivity index (χ4v) is 3.47. The van der Waals surface area contributed by atoms with Crippen LogP contribution >= 0.6 is 0 Å². The molecule has 0 unspecified atom stereocenters. The topological polar surface area (TPSA) is 33.7 Å². The molecule has 1 aromatic rings.